The van der Waals surface area contributed by atoms with Gasteiger partial charge in [0.05, 0.1) is 22.7 Å². The molecule has 3 aromatic rings. The smallest absolute Gasteiger partial charge is 0.295 e. The number of anilines is 1. The molecule has 1 aliphatic heterocycles. The van der Waals surface area contributed by atoms with Crippen LogP contribution in [0.15, 0.2) is 49.1 Å². The first-order valence-corrected chi connectivity index (χ1v) is 9.87. The maximum atomic E-state index is 14.5. The minimum Gasteiger partial charge on any atom is -0.403 e. The molecule has 0 spiro atoms. The zero-order valence-electron chi connectivity index (χ0n) is 16.6. The van der Waals surface area contributed by atoms with Crippen LogP contribution in [-0.4, -0.2) is 39.6 Å². The number of carbonyl (C=O) groups excluding carboxylic acids is 2. The maximum absolute atomic E-state index is 14.5. The molecule has 7 nitrogen and oxygen atoms in total. The predicted molar refractivity (Wildman–Crippen MR) is 119 cm³/mol. The average Bonchev–Trinajstić information content (AvgIpc) is 3.24. The van der Waals surface area contributed by atoms with E-state index in [1.807, 2.05) is 6.07 Å². The van der Waals surface area contributed by atoms with Crippen molar-refractivity contribution < 1.29 is 18.4 Å². The Morgan fingerprint density at radius 3 is 2.88 bits per heavy atom. The van der Waals surface area contributed by atoms with Crippen LogP contribution in [0.5, 0.6) is 0 Å². The fourth-order valence-corrected chi connectivity index (χ4v) is 3.98. The Morgan fingerprint density at radius 2 is 2.12 bits per heavy atom. The molecule has 0 bridgehead atoms. The minimum absolute atomic E-state index is 0. The number of piperidine rings is 1. The zero-order chi connectivity index (χ0) is 22.0. The summed E-state index contributed by atoms with van der Waals surface area (Å²) < 4.78 is 28.1. The average molecular weight is 441 g/mol. The molecule has 1 aliphatic rings. The number of amides is 1. The third-order valence-electron chi connectivity index (χ3n) is 5.45. The second-order valence-electron chi connectivity index (χ2n) is 7.38. The number of nitrogens with zero attached hydrogens (tertiary/aromatic N) is 2. The summed E-state index contributed by atoms with van der Waals surface area (Å²) in [6.07, 6.45) is 6.42. The summed E-state index contributed by atoms with van der Waals surface area (Å²) in [5.41, 5.74) is 6.29. The van der Waals surface area contributed by atoms with Crippen molar-refractivity contribution >= 4 is 28.4 Å². The number of H-pyrrole nitrogens is 1. The number of likely N-dealkylation sites (tertiary alicyclic amines) is 1. The Balaban J connectivity index is 0.00000289. The zero-order valence-corrected chi connectivity index (χ0v) is 16.6. The molecule has 3 heterocycles. The number of aromatic amines is 1. The first-order chi connectivity index (χ1) is 15.0. The standard InChI is InChI=1S/C22H21F2N5O2.CH4/c23-15-5-1-3-13(9-15)14-4-2-8-29(12-14)22(31)20(30)16-10-27-19-18(16)17(24)11-28-21(19)26-7-6-25;/h1,3,5-7,9-11,14,27H,2,4,8,12,25H2,(H,26,28);1H4/b7-6-;. The van der Waals surface area contributed by atoms with Crippen LogP contribution in [0.3, 0.4) is 0 Å². The lowest BCUT2D eigenvalue weighted by atomic mass is 9.90. The SMILES string of the molecule is C.N/C=C\Nc1ncc(F)c2c(C(=O)C(=O)N3CCCC(c4cccc(F)c4)C3)c[nH]c12. The highest BCUT2D eigenvalue weighted by Gasteiger charge is 2.31. The van der Waals surface area contributed by atoms with Gasteiger partial charge in [-0.1, -0.05) is 19.6 Å². The lowest BCUT2D eigenvalue weighted by Crippen LogP contribution is -2.42. The number of hydrogen-bond acceptors (Lipinski definition) is 5. The van der Waals surface area contributed by atoms with Crippen LogP contribution in [-0.2, 0) is 4.79 Å². The normalized spacial score (nSPS) is 16.2. The van der Waals surface area contributed by atoms with Gasteiger partial charge in [0, 0.05) is 37.6 Å². The molecule has 0 aliphatic carbocycles. The summed E-state index contributed by atoms with van der Waals surface area (Å²) in [5, 5.41) is 2.77. The third kappa shape index (κ3) is 4.32. The Morgan fingerprint density at radius 1 is 1.31 bits per heavy atom. The van der Waals surface area contributed by atoms with Gasteiger partial charge in [0.1, 0.15) is 5.82 Å². The highest BCUT2D eigenvalue weighted by atomic mass is 19.1. The van der Waals surface area contributed by atoms with Crippen LogP contribution >= 0.6 is 0 Å². The van der Waals surface area contributed by atoms with Gasteiger partial charge in [-0.2, -0.15) is 0 Å². The number of aromatic nitrogens is 2. The van der Waals surface area contributed by atoms with E-state index in [0.717, 1.165) is 18.2 Å². The molecule has 0 saturated carbocycles. The molecular weight excluding hydrogens is 416 g/mol. The van der Waals surface area contributed by atoms with Gasteiger partial charge in [-0.3, -0.25) is 9.59 Å². The first kappa shape index (κ1) is 22.9. The van der Waals surface area contributed by atoms with Crippen molar-refractivity contribution in [1.29, 1.82) is 0 Å². The van der Waals surface area contributed by atoms with Crippen molar-refractivity contribution in [2.24, 2.45) is 5.73 Å². The lowest BCUT2D eigenvalue weighted by molar-refractivity contribution is -0.127. The number of Topliss-reactive ketones (excluding diaryl/α,β-unsaturated/α-hetero) is 1. The van der Waals surface area contributed by atoms with Crippen LogP contribution in [0.4, 0.5) is 14.6 Å². The van der Waals surface area contributed by atoms with Gasteiger partial charge < -0.3 is 20.9 Å². The molecule has 4 rings (SSSR count). The summed E-state index contributed by atoms with van der Waals surface area (Å²) in [7, 11) is 0. The second kappa shape index (κ2) is 9.59. The monoisotopic (exact) mass is 441 g/mol. The largest absolute Gasteiger partial charge is 0.403 e. The van der Waals surface area contributed by atoms with Gasteiger partial charge in [0.15, 0.2) is 11.6 Å². The molecule has 1 atom stereocenters. The van der Waals surface area contributed by atoms with Crippen molar-refractivity contribution in [2.75, 3.05) is 18.4 Å². The summed E-state index contributed by atoms with van der Waals surface area (Å²) in [6, 6.07) is 6.26. The highest BCUT2D eigenvalue weighted by molar-refractivity contribution is 6.45. The van der Waals surface area contributed by atoms with Crippen LogP contribution in [0.2, 0.25) is 0 Å². The molecular formula is C23H25F2N5O2. The van der Waals surface area contributed by atoms with Gasteiger partial charge >= 0.3 is 0 Å². The van der Waals surface area contributed by atoms with Gasteiger partial charge in [-0.05, 0) is 30.5 Å². The number of nitrogens with two attached hydrogens (primary N) is 1. The number of rotatable bonds is 5. The molecule has 9 heteroatoms. The lowest BCUT2D eigenvalue weighted by Gasteiger charge is -2.32. The number of benzene rings is 1. The van der Waals surface area contributed by atoms with Crippen molar-refractivity contribution in [3.05, 3.63) is 71.8 Å². The fourth-order valence-electron chi connectivity index (χ4n) is 3.98. The topological polar surface area (TPSA) is 104 Å². The number of carbonyl (C=O) groups is 2. The quantitative estimate of drug-likeness (QED) is 0.411. The number of fused-ring (bicyclic) bond motifs is 1. The summed E-state index contributed by atoms with van der Waals surface area (Å²) in [4.78, 5) is 34.1. The van der Waals surface area contributed by atoms with E-state index in [1.165, 1.54) is 35.6 Å². The molecule has 168 valence electrons. The van der Waals surface area contributed by atoms with E-state index in [9.17, 15) is 18.4 Å². The Bertz CT molecular complexity index is 1170. The van der Waals surface area contributed by atoms with E-state index in [0.29, 0.717) is 19.5 Å². The van der Waals surface area contributed by atoms with Crippen LogP contribution in [0.25, 0.3) is 10.9 Å². The molecule has 1 fully saturated rings. The molecule has 1 unspecified atom stereocenters. The summed E-state index contributed by atoms with van der Waals surface area (Å²) >= 11 is 0. The summed E-state index contributed by atoms with van der Waals surface area (Å²) in [5.74, 6) is -2.37. The first-order valence-electron chi connectivity index (χ1n) is 9.87. The Hall–Kier alpha value is -3.75. The Labute approximate surface area is 184 Å². The number of hydrogen-bond donors (Lipinski definition) is 3. The van der Waals surface area contributed by atoms with Crippen molar-refractivity contribution in [2.45, 2.75) is 26.2 Å². The fraction of sp³-hybridized carbons (Fsp3) is 0.261. The van der Waals surface area contributed by atoms with Gasteiger partial charge in [-0.25, -0.2) is 13.8 Å². The van der Waals surface area contributed by atoms with Gasteiger partial charge in [-0.15, -0.1) is 0 Å². The van der Waals surface area contributed by atoms with E-state index in [4.69, 9.17) is 5.73 Å². The van der Waals surface area contributed by atoms with E-state index in [2.05, 4.69) is 15.3 Å². The minimum atomic E-state index is -0.809. The number of pyridine rings is 1. The molecule has 32 heavy (non-hydrogen) atoms. The molecule has 2 aromatic heterocycles. The third-order valence-corrected chi connectivity index (χ3v) is 5.45. The van der Waals surface area contributed by atoms with Crippen molar-refractivity contribution in [3.8, 4) is 0 Å². The maximum Gasteiger partial charge on any atom is 0.295 e. The van der Waals surface area contributed by atoms with E-state index in [-0.39, 0.29) is 41.4 Å². The Kier molecular flexibility index (Phi) is 6.87. The van der Waals surface area contributed by atoms with Gasteiger partial charge in [0.25, 0.3) is 11.7 Å². The number of nitrogens with one attached hydrogen (secondary N) is 2. The molecule has 1 saturated heterocycles. The number of halogens is 2. The van der Waals surface area contributed by atoms with E-state index in [1.54, 1.807) is 6.07 Å². The molecule has 1 aromatic carbocycles. The van der Waals surface area contributed by atoms with E-state index < -0.39 is 17.5 Å². The van der Waals surface area contributed by atoms with E-state index >= 15 is 0 Å². The van der Waals surface area contributed by atoms with Gasteiger partial charge in [0.2, 0.25) is 0 Å². The van der Waals surface area contributed by atoms with Crippen molar-refractivity contribution in [1.82, 2.24) is 14.9 Å². The number of ketones is 1. The highest BCUT2D eigenvalue weighted by Crippen LogP contribution is 2.30. The summed E-state index contributed by atoms with van der Waals surface area (Å²) in [6.45, 7) is 0.714. The molecule has 1 amide bonds. The molecule has 4 N–H and O–H groups in total. The van der Waals surface area contributed by atoms with Crippen LogP contribution in [0.1, 0.15) is 42.1 Å². The van der Waals surface area contributed by atoms with Crippen molar-refractivity contribution in [3.63, 3.8) is 0 Å². The second-order valence-corrected chi connectivity index (χ2v) is 7.38. The van der Waals surface area contributed by atoms with Crippen LogP contribution < -0.4 is 11.1 Å². The molecule has 0 radical (unpaired) electrons. The predicted octanol–water partition coefficient (Wildman–Crippen LogP) is 3.91. The van der Waals surface area contributed by atoms with Crippen LogP contribution in [0, 0.1) is 11.6 Å².